The van der Waals surface area contributed by atoms with Crippen molar-refractivity contribution in [2.24, 2.45) is 0 Å². The smallest absolute Gasteiger partial charge is 0.305 e. The first kappa shape index (κ1) is 14.9. The first-order valence-corrected chi connectivity index (χ1v) is 5.98. The van der Waals surface area contributed by atoms with Gasteiger partial charge in [-0.3, -0.25) is 9.59 Å². The predicted molar refractivity (Wildman–Crippen MR) is 69.9 cm³/mol. The van der Waals surface area contributed by atoms with Crippen LogP contribution in [-0.4, -0.2) is 35.0 Å². The fourth-order valence-corrected chi connectivity index (χ4v) is 1.53. The number of benzene rings is 1. The first-order valence-electron chi connectivity index (χ1n) is 5.98. The van der Waals surface area contributed by atoms with Crippen molar-refractivity contribution in [3.05, 3.63) is 41.7 Å². The van der Waals surface area contributed by atoms with E-state index in [4.69, 9.17) is 5.11 Å². The van der Waals surface area contributed by atoms with Crippen molar-refractivity contribution in [2.75, 3.05) is 13.1 Å². The van der Waals surface area contributed by atoms with Gasteiger partial charge in [-0.2, -0.15) is 0 Å². The van der Waals surface area contributed by atoms with E-state index in [9.17, 15) is 14.0 Å². The summed E-state index contributed by atoms with van der Waals surface area (Å²) < 4.78 is 13.3. The second-order valence-electron chi connectivity index (χ2n) is 3.92. The molecule has 1 amide bonds. The van der Waals surface area contributed by atoms with E-state index in [-0.39, 0.29) is 18.9 Å². The minimum Gasteiger partial charge on any atom is -0.481 e. The fourth-order valence-electron chi connectivity index (χ4n) is 1.53. The van der Waals surface area contributed by atoms with Crippen LogP contribution < -0.4 is 0 Å². The van der Waals surface area contributed by atoms with Gasteiger partial charge in [0.1, 0.15) is 5.82 Å². The average molecular weight is 265 g/mol. The van der Waals surface area contributed by atoms with Gasteiger partial charge < -0.3 is 10.0 Å². The van der Waals surface area contributed by atoms with Crippen molar-refractivity contribution in [1.82, 2.24) is 4.90 Å². The summed E-state index contributed by atoms with van der Waals surface area (Å²) in [6.07, 6.45) is 2.54. The molecule has 0 aliphatic rings. The molecule has 0 atom stereocenters. The molecule has 19 heavy (non-hydrogen) atoms. The maximum atomic E-state index is 13.3. The maximum absolute atomic E-state index is 13.3. The van der Waals surface area contributed by atoms with Crippen molar-refractivity contribution in [2.45, 2.75) is 13.3 Å². The zero-order chi connectivity index (χ0) is 14.3. The highest BCUT2D eigenvalue weighted by atomic mass is 19.1. The SMILES string of the molecule is CCN(CCC(=O)O)C(=O)/C=C/c1ccccc1F. The normalized spacial score (nSPS) is 10.6. The van der Waals surface area contributed by atoms with E-state index < -0.39 is 11.8 Å². The van der Waals surface area contributed by atoms with Gasteiger partial charge in [0.2, 0.25) is 5.91 Å². The lowest BCUT2D eigenvalue weighted by atomic mass is 10.2. The molecule has 1 aromatic carbocycles. The third-order valence-corrected chi connectivity index (χ3v) is 2.60. The number of halogens is 1. The van der Waals surface area contributed by atoms with Crippen LogP contribution in [0, 0.1) is 5.82 Å². The summed E-state index contributed by atoms with van der Waals surface area (Å²) in [6, 6.07) is 6.12. The predicted octanol–water partition coefficient (Wildman–Crippen LogP) is 2.16. The van der Waals surface area contributed by atoms with Crippen molar-refractivity contribution >= 4 is 18.0 Å². The average Bonchev–Trinajstić information content (AvgIpc) is 2.38. The molecule has 0 saturated carbocycles. The van der Waals surface area contributed by atoms with E-state index in [1.807, 2.05) is 0 Å². The molecule has 1 N–H and O–H groups in total. The molecule has 4 nitrogen and oxygen atoms in total. The number of carboxylic acids is 1. The summed E-state index contributed by atoms with van der Waals surface area (Å²) in [7, 11) is 0. The summed E-state index contributed by atoms with van der Waals surface area (Å²) >= 11 is 0. The van der Waals surface area contributed by atoms with Crippen molar-refractivity contribution in [1.29, 1.82) is 0 Å². The van der Waals surface area contributed by atoms with Crippen LogP contribution >= 0.6 is 0 Å². The van der Waals surface area contributed by atoms with Crippen LogP contribution in [0.5, 0.6) is 0 Å². The number of amides is 1. The molecule has 1 aromatic rings. The van der Waals surface area contributed by atoms with Crippen LogP contribution in [0.1, 0.15) is 18.9 Å². The largest absolute Gasteiger partial charge is 0.481 e. The Morgan fingerprint density at radius 1 is 1.37 bits per heavy atom. The lowest BCUT2D eigenvalue weighted by Crippen LogP contribution is -2.31. The van der Waals surface area contributed by atoms with Gasteiger partial charge in [0.15, 0.2) is 0 Å². The van der Waals surface area contributed by atoms with E-state index in [2.05, 4.69) is 0 Å². The Morgan fingerprint density at radius 3 is 2.63 bits per heavy atom. The van der Waals surface area contributed by atoms with Crippen molar-refractivity contribution in [3.63, 3.8) is 0 Å². The minimum atomic E-state index is -0.954. The van der Waals surface area contributed by atoms with E-state index in [1.54, 1.807) is 25.1 Å². The van der Waals surface area contributed by atoms with Gasteiger partial charge in [-0.25, -0.2) is 4.39 Å². The highest BCUT2D eigenvalue weighted by Crippen LogP contribution is 2.08. The molecule has 0 aliphatic heterocycles. The molecule has 102 valence electrons. The number of hydrogen-bond donors (Lipinski definition) is 1. The molecule has 0 aliphatic carbocycles. The minimum absolute atomic E-state index is 0.104. The van der Waals surface area contributed by atoms with Gasteiger partial charge in [0, 0.05) is 24.7 Å². The topological polar surface area (TPSA) is 57.6 Å². The van der Waals surface area contributed by atoms with Gasteiger partial charge in [0.25, 0.3) is 0 Å². The Balaban J connectivity index is 2.66. The zero-order valence-electron chi connectivity index (χ0n) is 10.7. The standard InChI is InChI=1S/C14H16FNO3/c1-2-16(10-9-14(18)19)13(17)8-7-11-5-3-4-6-12(11)15/h3-8H,2,9-10H2,1H3,(H,18,19)/b8-7+. The summed E-state index contributed by atoms with van der Waals surface area (Å²) in [5.41, 5.74) is 0.324. The number of carbonyl (C=O) groups excluding carboxylic acids is 1. The number of aliphatic carboxylic acids is 1. The van der Waals surface area contributed by atoms with E-state index in [0.717, 1.165) is 0 Å². The molecule has 0 bridgehead atoms. The molecule has 0 saturated heterocycles. The molecule has 0 spiro atoms. The van der Waals surface area contributed by atoms with Crippen LogP contribution in [0.4, 0.5) is 4.39 Å². The molecular weight excluding hydrogens is 249 g/mol. The number of rotatable bonds is 6. The summed E-state index contributed by atoms with van der Waals surface area (Å²) in [5.74, 6) is -1.68. The first-order chi connectivity index (χ1) is 9.04. The van der Waals surface area contributed by atoms with Crippen LogP contribution in [0.3, 0.4) is 0 Å². The van der Waals surface area contributed by atoms with Crippen LogP contribution in [0.25, 0.3) is 6.08 Å². The molecule has 0 unspecified atom stereocenters. The molecule has 0 fully saturated rings. The number of carbonyl (C=O) groups is 2. The molecule has 0 radical (unpaired) electrons. The monoisotopic (exact) mass is 265 g/mol. The Kier molecular flexibility index (Phi) is 5.73. The van der Waals surface area contributed by atoms with Gasteiger partial charge >= 0.3 is 5.97 Å². The Labute approximate surface area is 111 Å². The van der Waals surface area contributed by atoms with Gasteiger partial charge in [-0.1, -0.05) is 18.2 Å². The number of carboxylic acid groups (broad SMARTS) is 1. The Morgan fingerprint density at radius 2 is 2.05 bits per heavy atom. The zero-order valence-corrected chi connectivity index (χ0v) is 10.7. The third-order valence-electron chi connectivity index (χ3n) is 2.60. The van der Waals surface area contributed by atoms with Crippen LogP contribution in [0.15, 0.2) is 30.3 Å². The van der Waals surface area contributed by atoms with E-state index >= 15 is 0 Å². The Hall–Kier alpha value is -2.17. The Bertz CT molecular complexity index is 485. The highest BCUT2D eigenvalue weighted by Gasteiger charge is 2.10. The van der Waals surface area contributed by atoms with Crippen LogP contribution in [-0.2, 0) is 9.59 Å². The highest BCUT2D eigenvalue weighted by molar-refractivity contribution is 5.92. The van der Waals surface area contributed by atoms with Crippen molar-refractivity contribution < 1.29 is 19.1 Å². The maximum Gasteiger partial charge on any atom is 0.305 e. The van der Waals surface area contributed by atoms with Crippen molar-refractivity contribution in [3.8, 4) is 0 Å². The van der Waals surface area contributed by atoms with E-state index in [1.165, 1.54) is 23.1 Å². The summed E-state index contributed by atoms with van der Waals surface area (Å²) in [5, 5.41) is 8.58. The summed E-state index contributed by atoms with van der Waals surface area (Å²) in [6.45, 7) is 2.32. The number of hydrogen-bond acceptors (Lipinski definition) is 2. The number of likely N-dealkylation sites (N-methyl/N-ethyl adjacent to an activating group) is 1. The third kappa shape index (κ3) is 4.91. The number of nitrogens with zero attached hydrogens (tertiary/aromatic N) is 1. The van der Waals surface area contributed by atoms with Gasteiger partial charge in [-0.15, -0.1) is 0 Å². The second-order valence-corrected chi connectivity index (χ2v) is 3.92. The molecule has 5 heteroatoms. The summed E-state index contributed by atoms with van der Waals surface area (Å²) in [4.78, 5) is 23.7. The van der Waals surface area contributed by atoms with E-state index in [0.29, 0.717) is 12.1 Å². The van der Waals surface area contributed by atoms with Gasteiger partial charge in [-0.05, 0) is 19.1 Å². The fraction of sp³-hybridized carbons (Fsp3) is 0.286. The molecule has 0 heterocycles. The van der Waals surface area contributed by atoms with Crippen LogP contribution in [0.2, 0.25) is 0 Å². The lowest BCUT2D eigenvalue weighted by molar-refractivity contribution is -0.137. The van der Waals surface area contributed by atoms with Gasteiger partial charge in [0.05, 0.1) is 6.42 Å². The molecule has 0 aromatic heterocycles. The quantitative estimate of drug-likeness (QED) is 0.802. The second kappa shape index (κ2) is 7.31. The molecular formula is C14H16FNO3. The molecule has 1 rings (SSSR count). The lowest BCUT2D eigenvalue weighted by Gasteiger charge is -2.17.